The van der Waals surface area contributed by atoms with Gasteiger partial charge in [-0.1, -0.05) is 12.1 Å². The van der Waals surface area contributed by atoms with E-state index in [0.29, 0.717) is 0 Å². The largest absolute Gasteiger partial charge is 0.378 e. The number of aromatic nitrogens is 2. The van der Waals surface area contributed by atoms with Crippen molar-refractivity contribution < 1.29 is 9.31 Å². The first kappa shape index (κ1) is 13.0. The lowest BCUT2D eigenvalue weighted by molar-refractivity contribution is -0.383. The number of nitro groups is 1. The van der Waals surface area contributed by atoms with Gasteiger partial charge in [0.2, 0.25) is 16.9 Å². The fourth-order valence-corrected chi connectivity index (χ4v) is 1.58. The summed E-state index contributed by atoms with van der Waals surface area (Å²) < 4.78 is 13.5. The Bertz CT molecular complexity index is 652. The van der Waals surface area contributed by atoms with Gasteiger partial charge in [0.1, 0.15) is 5.82 Å². The number of nitrogens with zero attached hydrogens (tertiary/aromatic N) is 3. The molecule has 0 aliphatic carbocycles. The lowest BCUT2D eigenvalue weighted by Gasteiger charge is -2.08. The zero-order valence-corrected chi connectivity index (χ0v) is 10.1. The third-order valence-electron chi connectivity index (χ3n) is 2.19. The molecule has 2 aromatic rings. The number of para-hydroxylation sites is 1. The highest BCUT2D eigenvalue weighted by Gasteiger charge is 2.23. The topological polar surface area (TPSA) is 107 Å². The SMILES string of the molecule is Nc1nc(Cl)nc(Nc2ccccc2F)c1[N+](=O)[O-]. The van der Waals surface area contributed by atoms with E-state index in [0.717, 1.165) is 0 Å². The monoisotopic (exact) mass is 283 g/mol. The zero-order valence-electron chi connectivity index (χ0n) is 9.30. The zero-order chi connectivity index (χ0) is 14.0. The molecule has 0 aliphatic rings. The van der Waals surface area contributed by atoms with Gasteiger partial charge in [0, 0.05) is 0 Å². The first-order valence-corrected chi connectivity index (χ1v) is 5.36. The third kappa shape index (κ3) is 2.68. The molecule has 0 spiro atoms. The molecular formula is C10H7ClFN5O2. The van der Waals surface area contributed by atoms with Gasteiger partial charge in [0.15, 0.2) is 0 Å². The van der Waals surface area contributed by atoms with E-state index < -0.39 is 22.2 Å². The molecule has 0 fully saturated rings. The molecule has 0 bridgehead atoms. The minimum absolute atomic E-state index is 0.0137. The molecule has 7 nitrogen and oxygen atoms in total. The van der Waals surface area contributed by atoms with Gasteiger partial charge in [-0.05, 0) is 23.7 Å². The van der Waals surface area contributed by atoms with Crippen molar-refractivity contribution in [1.29, 1.82) is 0 Å². The second kappa shape index (κ2) is 5.02. The predicted molar refractivity (Wildman–Crippen MR) is 67.8 cm³/mol. The Kier molecular flexibility index (Phi) is 3.43. The third-order valence-corrected chi connectivity index (χ3v) is 2.36. The molecule has 98 valence electrons. The molecule has 0 atom stereocenters. The van der Waals surface area contributed by atoms with Crippen LogP contribution in [0.25, 0.3) is 0 Å². The molecular weight excluding hydrogens is 277 g/mol. The van der Waals surface area contributed by atoms with Crippen LogP contribution in [0, 0.1) is 15.9 Å². The van der Waals surface area contributed by atoms with Crippen molar-refractivity contribution >= 4 is 34.6 Å². The summed E-state index contributed by atoms with van der Waals surface area (Å²) in [6.45, 7) is 0. The summed E-state index contributed by atoms with van der Waals surface area (Å²) >= 11 is 5.57. The van der Waals surface area contributed by atoms with Crippen molar-refractivity contribution in [2.45, 2.75) is 0 Å². The number of benzene rings is 1. The number of hydrogen-bond acceptors (Lipinski definition) is 6. The number of rotatable bonds is 3. The van der Waals surface area contributed by atoms with Crippen LogP contribution < -0.4 is 11.1 Å². The van der Waals surface area contributed by atoms with Gasteiger partial charge in [-0.3, -0.25) is 10.1 Å². The summed E-state index contributed by atoms with van der Waals surface area (Å²) in [6, 6.07) is 5.63. The number of nitrogens with two attached hydrogens (primary N) is 1. The van der Waals surface area contributed by atoms with Crippen LogP contribution in [0.5, 0.6) is 0 Å². The standard InChI is InChI=1S/C10H7ClFN5O2/c11-10-15-8(13)7(17(18)19)9(16-10)14-6-4-2-1-3-5(6)12/h1-4H,(H3,13,14,15,16). The minimum atomic E-state index is -0.769. The molecule has 9 heteroatoms. The van der Waals surface area contributed by atoms with Crippen molar-refractivity contribution in [2.24, 2.45) is 0 Å². The fourth-order valence-electron chi connectivity index (χ4n) is 1.40. The normalized spacial score (nSPS) is 10.2. The summed E-state index contributed by atoms with van der Waals surface area (Å²) in [6.07, 6.45) is 0. The first-order chi connectivity index (χ1) is 8.99. The molecule has 0 amide bonds. The van der Waals surface area contributed by atoms with E-state index in [1.54, 1.807) is 6.07 Å². The highest BCUT2D eigenvalue weighted by Crippen LogP contribution is 2.31. The Morgan fingerprint density at radius 2 is 2.05 bits per heavy atom. The van der Waals surface area contributed by atoms with Crippen LogP contribution in [0.15, 0.2) is 24.3 Å². The van der Waals surface area contributed by atoms with Gasteiger partial charge in [-0.25, -0.2) is 4.39 Å². The van der Waals surface area contributed by atoms with Gasteiger partial charge in [0.25, 0.3) is 0 Å². The molecule has 2 rings (SSSR count). The first-order valence-electron chi connectivity index (χ1n) is 4.98. The van der Waals surface area contributed by atoms with E-state index >= 15 is 0 Å². The molecule has 0 unspecified atom stereocenters. The molecule has 1 heterocycles. The minimum Gasteiger partial charge on any atom is -0.378 e. The van der Waals surface area contributed by atoms with Crippen LogP contribution in [-0.4, -0.2) is 14.9 Å². The molecule has 0 aliphatic heterocycles. The number of hydrogen-bond donors (Lipinski definition) is 2. The van der Waals surface area contributed by atoms with Crippen molar-refractivity contribution in [3.05, 3.63) is 45.5 Å². The highest BCUT2D eigenvalue weighted by atomic mass is 35.5. The second-order valence-corrected chi connectivity index (χ2v) is 3.78. The maximum absolute atomic E-state index is 13.5. The molecule has 1 aromatic heterocycles. The number of nitrogens with one attached hydrogen (secondary N) is 1. The predicted octanol–water partition coefficient (Wildman–Crippen LogP) is 2.50. The van der Waals surface area contributed by atoms with Gasteiger partial charge in [-0.15, -0.1) is 0 Å². The van der Waals surface area contributed by atoms with Crippen LogP contribution in [0.4, 0.5) is 27.4 Å². The molecule has 0 saturated heterocycles. The smallest absolute Gasteiger partial charge is 0.353 e. The molecule has 0 radical (unpaired) electrons. The van der Waals surface area contributed by atoms with Gasteiger partial charge < -0.3 is 11.1 Å². The lowest BCUT2D eigenvalue weighted by atomic mass is 10.3. The summed E-state index contributed by atoms with van der Waals surface area (Å²) in [5, 5.41) is 13.1. The van der Waals surface area contributed by atoms with E-state index in [9.17, 15) is 14.5 Å². The Morgan fingerprint density at radius 3 is 2.68 bits per heavy atom. The van der Waals surface area contributed by atoms with E-state index in [-0.39, 0.29) is 16.8 Å². The quantitative estimate of drug-likeness (QED) is 0.509. The molecule has 3 N–H and O–H groups in total. The van der Waals surface area contributed by atoms with Crippen molar-refractivity contribution in [1.82, 2.24) is 9.97 Å². The van der Waals surface area contributed by atoms with Crippen LogP contribution in [-0.2, 0) is 0 Å². The molecule has 0 saturated carbocycles. The average Bonchev–Trinajstić information content (AvgIpc) is 2.30. The lowest BCUT2D eigenvalue weighted by Crippen LogP contribution is -2.06. The summed E-state index contributed by atoms with van der Waals surface area (Å²) in [5.74, 6) is -1.26. The molecule has 1 aromatic carbocycles. The van der Waals surface area contributed by atoms with Crippen LogP contribution in [0.2, 0.25) is 5.28 Å². The average molecular weight is 284 g/mol. The summed E-state index contributed by atoms with van der Waals surface area (Å²) in [7, 11) is 0. The number of anilines is 3. The van der Waals surface area contributed by atoms with Gasteiger partial charge in [-0.2, -0.15) is 9.97 Å². The number of nitrogen functional groups attached to an aromatic ring is 1. The number of halogens is 2. The highest BCUT2D eigenvalue weighted by molar-refractivity contribution is 6.28. The van der Waals surface area contributed by atoms with E-state index in [1.165, 1.54) is 18.2 Å². The maximum Gasteiger partial charge on any atom is 0.353 e. The Hall–Kier alpha value is -2.48. The van der Waals surface area contributed by atoms with E-state index in [2.05, 4.69) is 15.3 Å². The van der Waals surface area contributed by atoms with Crippen LogP contribution in [0.3, 0.4) is 0 Å². The van der Waals surface area contributed by atoms with Crippen LogP contribution in [0.1, 0.15) is 0 Å². The van der Waals surface area contributed by atoms with Crippen molar-refractivity contribution in [3.8, 4) is 0 Å². The van der Waals surface area contributed by atoms with Crippen LogP contribution >= 0.6 is 11.6 Å². The van der Waals surface area contributed by atoms with Gasteiger partial charge in [0.05, 0.1) is 10.6 Å². The Morgan fingerprint density at radius 1 is 1.37 bits per heavy atom. The Balaban J connectivity index is 2.51. The van der Waals surface area contributed by atoms with Gasteiger partial charge >= 0.3 is 5.69 Å². The van der Waals surface area contributed by atoms with E-state index in [4.69, 9.17) is 17.3 Å². The van der Waals surface area contributed by atoms with Crippen molar-refractivity contribution in [2.75, 3.05) is 11.1 Å². The fraction of sp³-hybridized carbons (Fsp3) is 0. The maximum atomic E-state index is 13.5. The Labute approximate surface area is 111 Å². The van der Waals surface area contributed by atoms with E-state index in [1.807, 2.05) is 0 Å². The van der Waals surface area contributed by atoms with Crippen molar-refractivity contribution in [3.63, 3.8) is 0 Å². The summed E-state index contributed by atoms with van der Waals surface area (Å²) in [4.78, 5) is 17.3. The summed E-state index contributed by atoms with van der Waals surface area (Å²) in [5.41, 5.74) is 4.86. The molecule has 19 heavy (non-hydrogen) atoms. The second-order valence-electron chi connectivity index (χ2n) is 3.44.